The fourth-order valence-corrected chi connectivity index (χ4v) is 3.16. The van der Waals surface area contributed by atoms with Crippen LogP contribution in [0, 0.1) is 6.92 Å². The Morgan fingerprint density at radius 2 is 2.30 bits per heavy atom. The van der Waals surface area contributed by atoms with Crippen molar-refractivity contribution in [3.8, 4) is 0 Å². The highest BCUT2D eigenvalue weighted by molar-refractivity contribution is 7.92. The Morgan fingerprint density at radius 1 is 1.45 bits per heavy atom. The average molecular weight is 298 g/mol. The molecule has 0 saturated carbocycles. The van der Waals surface area contributed by atoms with Gasteiger partial charge in [-0.05, 0) is 26.3 Å². The van der Waals surface area contributed by atoms with Crippen molar-refractivity contribution in [3.05, 3.63) is 17.8 Å². The lowest BCUT2D eigenvalue weighted by Gasteiger charge is -2.03. The molecule has 3 heterocycles. The molecular formula is C10H14N6O3S. The van der Waals surface area contributed by atoms with Gasteiger partial charge in [-0.1, -0.05) is 5.10 Å². The number of anilines is 1. The smallest absolute Gasteiger partial charge is 0.329 e. The zero-order chi connectivity index (χ0) is 14.2. The third-order valence-electron chi connectivity index (χ3n) is 3.09. The van der Waals surface area contributed by atoms with Crippen molar-refractivity contribution < 1.29 is 12.8 Å². The Hall–Kier alpha value is -1.94. The number of hydrogen-bond acceptors (Lipinski definition) is 7. The molecule has 2 aromatic rings. The minimum Gasteiger partial charge on any atom is -0.406 e. The topological polar surface area (TPSA) is 126 Å². The molecule has 9 nitrogen and oxygen atoms in total. The second kappa shape index (κ2) is 4.87. The number of aryl methyl sites for hydroxylation is 1. The van der Waals surface area contributed by atoms with E-state index in [1.807, 2.05) is 0 Å². The van der Waals surface area contributed by atoms with Gasteiger partial charge in [0.2, 0.25) is 5.89 Å². The van der Waals surface area contributed by atoms with Crippen LogP contribution in [0.1, 0.15) is 30.5 Å². The van der Waals surface area contributed by atoms with Gasteiger partial charge >= 0.3 is 6.01 Å². The summed E-state index contributed by atoms with van der Waals surface area (Å²) in [5.41, 5.74) is 0.440. The van der Waals surface area contributed by atoms with Gasteiger partial charge in [-0.25, -0.2) is 13.1 Å². The van der Waals surface area contributed by atoms with Crippen LogP contribution in [0.5, 0.6) is 0 Å². The van der Waals surface area contributed by atoms with Gasteiger partial charge in [-0.15, -0.1) is 5.10 Å². The average Bonchev–Trinajstić information content (AvgIpc) is 3.06. The van der Waals surface area contributed by atoms with E-state index in [0.717, 1.165) is 19.4 Å². The van der Waals surface area contributed by atoms with Gasteiger partial charge in [0, 0.05) is 0 Å². The first-order chi connectivity index (χ1) is 9.56. The molecule has 1 aliphatic rings. The molecule has 1 fully saturated rings. The summed E-state index contributed by atoms with van der Waals surface area (Å²) in [6.07, 6.45) is 3.16. The van der Waals surface area contributed by atoms with Gasteiger partial charge in [-0.3, -0.25) is 5.10 Å². The molecule has 1 saturated heterocycles. The van der Waals surface area contributed by atoms with Gasteiger partial charge in [-0.2, -0.15) is 5.10 Å². The van der Waals surface area contributed by atoms with Crippen LogP contribution in [-0.2, 0) is 10.0 Å². The Bertz CT molecular complexity index is 700. The van der Waals surface area contributed by atoms with E-state index in [9.17, 15) is 8.42 Å². The summed E-state index contributed by atoms with van der Waals surface area (Å²) in [6, 6.07) is -0.147. The fourth-order valence-electron chi connectivity index (χ4n) is 2.09. The SMILES string of the molecule is Cc1[nH]ncc1S(=O)(=O)Nc1nnc(C2CCCN2)o1. The molecule has 1 unspecified atom stereocenters. The lowest BCUT2D eigenvalue weighted by atomic mass is 10.2. The third kappa shape index (κ3) is 2.39. The lowest BCUT2D eigenvalue weighted by molar-refractivity contribution is 0.439. The molecule has 3 N–H and O–H groups in total. The number of nitrogens with zero attached hydrogens (tertiary/aromatic N) is 3. The number of nitrogens with one attached hydrogen (secondary N) is 3. The van der Waals surface area contributed by atoms with E-state index in [0.29, 0.717) is 11.6 Å². The summed E-state index contributed by atoms with van der Waals surface area (Å²) in [5.74, 6) is 0.393. The Balaban J connectivity index is 1.79. The number of hydrogen-bond donors (Lipinski definition) is 3. The van der Waals surface area contributed by atoms with Crippen LogP contribution in [0.2, 0.25) is 0 Å². The molecule has 10 heteroatoms. The maximum Gasteiger partial charge on any atom is 0.329 e. The predicted octanol–water partition coefficient (Wildman–Crippen LogP) is 0.326. The molecule has 0 aromatic carbocycles. The summed E-state index contributed by atoms with van der Waals surface area (Å²) < 4.78 is 31.8. The molecule has 3 rings (SSSR count). The third-order valence-corrected chi connectivity index (χ3v) is 4.53. The highest BCUT2D eigenvalue weighted by Gasteiger charge is 2.25. The quantitative estimate of drug-likeness (QED) is 0.742. The molecular weight excluding hydrogens is 284 g/mol. The first-order valence-corrected chi connectivity index (χ1v) is 7.64. The predicted molar refractivity (Wildman–Crippen MR) is 68.4 cm³/mol. The molecule has 0 bridgehead atoms. The highest BCUT2D eigenvalue weighted by atomic mass is 32.2. The normalized spacial score (nSPS) is 19.4. The maximum atomic E-state index is 12.1. The number of H-pyrrole nitrogens is 1. The molecule has 20 heavy (non-hydrogen) atoms. The first kappa shape index (κ1) is 13.1. The van der Waals surface area contributed by atoms with Crippen LogP contribution in [-0.4, -0.2) is 35.4 Å². The summed E-state index contributed by atoms with van der Waals surface area (Å²) in [6.45, 7) is 2.51. The molecule has 108 valence electrons. The van der Waals surface area contributed by atoms with Crippen molar-refractivity contribution in [2.75, 3.05) is 11.3 Å². The lowest BCUT2D eigenvalue weighted by Crippen LogP contribution is -2.14. The van der Waals surface area contributed by atoms with E-state index in [1.165, 1.54) is 6.20 Å². The molecule has 1 atom stereocenters. The van der Waals surface area contributed by atoms with Gasteiger partial charge < -0.3 is 9.73 Å². The maximum absolute atomic E-state index is 12.1. The molecule has 2 aromatic heterocycles. The molecule has 0 amide bonds. The summed E-state index contributed by atoms with van der Waals surface area (Å²) in [4.78, 5) is 0.0521. The van der Waals surface area contributed by atoms with Crippen LogP contribution in [0.25, 0.3) is 0 Å². The van der Waals surface area contributed by atoms with Crippen molar-refractivity contribution in [1.82, 2.24) is 25.7 Å². The number of rotatable bonds is 4. The van der Waals surface area contributed by atoms with E-state index < -0.39 is 10.0 Å². The van der Waals surface area contributed by atoms with E-state index >= 15 is 0 Å². The number of sulfonamides is 1. The summed E-state index contributed by atoms with van der Waals surface area (Å²) in [7, 11) is -3.77. The number of aromatic amines is 1. The standard InChI is InChI=1S/C10H14N6O3S/c1-6-8(5-12-13-6)20(17,18)16-10-15-14-9(19-10)7-3-2-4-11-7/h5,7,11H,2-4H2,1H3,(H,12,13)(H,15,16). The van der Waals surface area contributed by atoms with Crippen LogP contribution in [0.4, 0.5) is 6.01 Å². The second-order valence-electron chi connectivity index (χ2n) is 4.56. The molecule has 0 aliphatic carbocycles. The minimum atomic E-state index is -3.77. The largest absolute Gasteiger partial charge is 0.406 e. The van der Waals surface area contributed by atoms with Crippen molar-refractivity contribution in [2.45, 2.75) is 30.7 Å². The Labute approximate surface area is 115 Å². The summed E-state index contributed by atoms with van der Waals surface area (Å²) in [5, 5.41) is 17.0. The van der Waals surface area contributed by atoms with E-state index in [-0.39, 0.29) is 17.0 Å². The number of aromatic nitrogens is 4. The highest BCUT2D eigenvalue weighted by Crippen LogP contribution is 2.24. The zero-order valence-corrected chi connectivity index (χ0v) is 11.6. The van der Waals surface area contributed by atoms with Crippen molar-refractivity contribution >= 4 is 16.0 Å². The van der Waals surface area contributed by atoms with Crippen molar-refractivity contribution in [2.24, 2.45) is 0 Å². The van der Waals surface area contributed by atoms with Crippen LogP contribution in [0.3, 0.4) is 0 Å². The summed E-state index contributed by atoms with van der Waals surface area (Å²) >= 11 is 0. The van der Waals surface area contributed by atoms with Crippen LogP contribution < -0.4 is 10.0 Å². The molecule has 0 spiro atoms. The van der Waals surface area contributed by atoms with Gasteiger partial charge in [0.05, 0.1) is 17.9 Å². The van der Waals surface area contributed by atoms with Crippen molar-refractivity contribution in [1.29, 1.82) is 0 Å². The Kier molecular flexibility index (Phi) is 3.18. The van der Waals surface area contributed by atoms with Crippen molar-refractivity contribution in [3.63, 3.8) is 0 Å². The first-order valence-electron chi connectivity index (χ1n) is 6.16. The monoisotopic (exact) mass is 298 g/mol. The second-order valence-corrected chi connectivity index (χ2v) is 6.21. The van der Waals surface area contributed by atoms with Gasteiger partial charge in [0.1, 0.15) is 4.90 Å². The fraction of sp³-hybridized carbons (Fsp3) is 0.500. The molecule has 1 aliphatic heterocycles. The van der Waals surface area contributed by atoms with Crippen LogP contribution in [0.15, 0.2) is 15.5 Å². The minimum absolute atomic E-state index is 0.00332. The van der Waals surface area contributed by atoms with E-state index in [2.05, 4.69) is 30.4 Å². The van der Waals surface area contributed by atoms with Crippen LogP contribution >= 0.6 is 0 Å². The van der Waals surface area contributed by atoms with E-state index in [4.69, 9.17) is 4.42 Å². The van der Waals surface area contributed by atoms with E-state index in [1.54, 1.807) is 6.92 Å². The molecule has 0 radical (unpaired) electrons. The van der Waals surface area contributed by atoms with Gasteiger partial charge in [0.15, 0.2) is 0 Å². The Morgan fingerprint density at radius 3 is 2.95 bits per heavy atom. The van der Waals surface area contributed by atoms with Gasteiger partial charge in [0.25, 0.3) is 10.0 Å². The zero-order valence-electron chi connectivity index (χ0n) is 10.8.